The molecule has 1 nitrogen and oxygen atoms in total. The molecule has 1 spiro atoms. The number of hydrogen-bond acceptors (Lipinski definition) is 1. The van der Waals surface area contributed by atoms with Crippen molar-refractivity contribution < 1.29 is 4.39 Å². The SMILES string of the molecule is CC(C)[C@H]1CCN(CCF)C2(CC2)C1. The minimum absolute atomic E-state index is 0.173. The van der Waals surface area contributed by atoms with E-state index in [-0.39, 0.29) is 6.67 Å². The molecule has 0 amide bonds. The lowest BCUT2D eigenvalue weighted by molar-refractivity contribution is 0.0708. The van der Waals surface area contributed by atoms with Crippen molar-refractivity contribution in [2.75, 3.05) is 19.8 Å². The molecule has 0 aromatic rings. The minimum atomic E-state index is -0.173. The van der Waals surface area contributed by atoms with Gasteiger partial charge in [0, 0.05) is 12.1 Å². The lowest BCUT2D eigenvalue weighted by Crippen LogP contribution is -2.46. The van der Waals surface area contributed by atoms with Crippen LogP contribution >= 0.6 is 0 Å². The lowest BCUT2D eigenvalue weighted by atomic mass is 9.81. The van der Waals surface area contributed by atoms with E-state index in [1.807, 2.05) is 0 Å². The van der Waals surface area contributed by atoms with Crippen LogP contribution in [-0.4, -0.2) is 30.2 Å². The first kappa shape index (κ1) is 10.4. The second-order valence-corrected chi connectivity index (χ2v) is 5.40. The summed E-state index contributed by atoms with van der Waals surface area (Å²) in [5.41, 5.74) is 0.444. The predicted molar refractivity (Wildman–Crippen MR) is 57.1 cm³/mol. The fourth-order valence-corrected chi connectivity index (χ4v) is 2.96. The normalized spacial score (nSPS) is 31.3. The van der Waals surface area contributed by atoms with Crippen LogP contribution in [0.1, 0.15) is 39.5 Å². The molecule has 2 aliphatic rings. The van der Waals surface area contributed by atoms with Crippen molar-refractivity contribution in [2.45, 2.75) is 45.1 Å². The minimum Gasteiger partial charge on any atom is -0.295 e. The van der Waals surface area contributed by atoms with Crippen LogP contribution in [0, 0.1) is 11.8 Å². The van der Waals surface area contributed by atoms with E-state index in [0.717, 1.165) is 18.4 Å². The Bertz CT molecular complexity index is 198. The molecule has 1 atom stereocenters. The van der Waals surface area contributed by atoms with Gasteiger partial charge in [0.25, 0.3) is 0 Å². The number of piperidine rings is 1. The quantitative estimate of drug-likeness (QED) is 0.675. The first-order valence-corrected chi connectivity index (χ1v) is 5.99. The maximum Gasteiger partial charge on any atom is 0.102 e. The largest absolute Gasteiger partial charge is 0.295 e. The molecule has 0 unspecified atom stereocenters. The van der Waals surface area contributed by atoms with Gasteiger partial charge < -0.3 is 0 Å². The standard InChI is InChI=1S/C12H22FN/c1-10(2)11-3-7-14(8-6-13)12(9-11)4-5-12/h10-11H,3-9H2,1-2H3/t11-/m0/s1. The van der Waals surface area contributed by atoms with Crippen molar-refractivity contribution in [1.82, 2.24) is 4.90 Å². The van der Waals surface area contributed by atoms with Gasteiger partial charge in [-0.3, -0.25) is 4.90 Å². The van der Waals surface area contributed by atoms with E-state index in [1.165, 1.54) is 25.7 Å². The second kappa shape index (κ2) is 3.80. The summed E-state index contributed by atoms with van der Waals surface area (Å²) in [5, 5.41) is 0. The molecule has 2 heteroatoms. The van der Waals surface area contributed by atoms with Gasteiger partial charge in [-0.05, 0) is 44.1 Å². The fraction of sp³-hybridized carbons (Fsp3) is 1.00. The highest BCUT2D eigenvalue weighted by Gasteiger charge is 2.51. The third-order valence-corrected chi connectivity index (χ3v) is 4.21. The summed E-state index contributed by atoms with van der Waals surface area (Å²) in [6.07, 6.45) is 5.23. The molecule has 0 radical (unpaired) electrons. The molecule has 82 valence electrons. The van der Waals surface area contributed by atoms with Crippen LogP contribution in [0.2, 0.25) is 0 Å². The Morgan fingerprint density at radius 3 is 2.64 bits per heavy atom. The Kier molecular flexibility index (Phi) is 2.83. The Morgan fingerprint density at radius 1 is 1.43 bits per heavy atom. The van der Waals surface area contributed by atoms with Gasteiger partial charge in [-0.2, -0.15) is 0 Å². The average Bonchev–Trinajstić information content (AvgIpc) is 2.90. The summed E-state index contributed by atoms with van der Waals surface area (Å²) in [4.78, 5) is 2.41. The van der Waals surface area contributed by atoms with Crippen LogP contribution in [0.4, 0.5) is 4.39 Å². The maximum absolute atomic E-state index is 12.4. The molecule has 0 aromatic heterocycles. The molecule has 0 N–H and O–H groups in total. The van der Waals surface area contributed by atoms with E-state index in [1.54, 1.807) is 0 Å². The zero-order valence-electron chi connectivity index (χ0n) is 9.43. The highest BCUT2D eigenvalue weighted by Crippen LogP contribution is 2.51. The summed E-state index contributed by atoms with van der Waals surface area (Å²) in [6.45, 7) is 6.28. The average molecular weight is 199 g/mol. The van der Waals surface area contributed by atoms with E-state index >= 15 is 0 Å². The van der Waals surface area contributed by atoms with Gasteiger partial charge in [-0.25, -0.2) is 4.39 Å². The first-order chi connectivity index (χ1) is 6.68. The molecule has 1 aliphatic carbocycles. The van der Waals surface area contributed by atoms with Crippen LogP contribution in [0.15, 0.2) is 0 Å². The zero-order chi connectivity index (χ0) is 10.2. The number of hydrogen-bond donors (Lipinski definition) is 0. The highest BCUT2D eigenvalue weighted by atomic mass is 19.1. The Balaban J connectivity index is 1.95. The number of likely N-dealkylation sites (tertiary alicyclic amines) is 1. The van der Waals surface area contributed by atoms with Crippen LogP contribution in [0.25, 0.3) is 0 Å². The Labute approximate surface area is 86.7 Å². The molecule has 2 fully saturated rings. The second-order valence-electron chi connectivity index (χ2n) is 5.40. The summed E-state index contributed by atoms with van der Waals surface area (Å²) in [6, 6.07) is 0. The van der Waals surface area contributed by atoms with Gasteiger partial charge in [0.2, 0.25) is 0 Å². The molecular formula is C12H22FN. The van der Waals surface area contributed by atoms with Gasteiger partial charge in [0.1, 0.15) is 6.67 Å². The molecule has 2 rings (SSSR count). The number of halogens is 1. The molecule has 0 bridgehead atoms. The van der Waals surface area contributed by atoms with Crippen molar-refractivity contribution in [2.24, 2.45) is 11.8 Å². The van der Waals surface area contributed by atoms with E-state index in [9.17, 15) is 4.39 Å². The molecule has 1 aliphatic heterocycles. The maximum atomic E-state index is 12.4. The van der Waals surface area contributed by atoms with E-state index in [0.29, 0.717) is 12.1 Å². The van der Waals surface area contributed by atoms with E-state index in [4.69, 9.17) is 0 Å². The molecule has 1 saturated carbocycles. The summed E-state index contributed by atoms with van der Waals surface area (Å²) in [5.74, 6) is 1.69. The highest BCUT2D eigenvalue weighted by molar-refractivity contribution is 5.07. The van der Waals surface area contributed by atoms with Crippen LogP contribution < -0.4 is 0 Å². The van der Waals surface area contributed by atoms with Crippen LogP contribution in [-0.2, 0) is 0 Å². The topological polar surface area (TPSA) is 3.24 Å². The van der Waals surface area contributed by atoms with E-state index in [2.05, 4.69) is 18.7 Å². The van der Waals surface area contributed by atoms with Crippen molar-refractivity contribution in [3.8, 4) is 0 Å². The molecule has 0 aromatic carbocycles. The van der Waals surface area contributed by atoms with Gasteiger partial charge >= 0.3 is 0 Å². The number of rotatable bonds is 3. The third kappa shape index (κ3) is 1.81. The van der Waals surface area contributed by atoms with Crippen LogP contribution in [0.5, 0.6) is 0 Å². The van der Waals surface area contributed by atoms with Gasteiger partial charge in [0.15, 0.2) is 0 Å². The van der Waals surface area contributed by atoms with Gasteiger partial charge in [-0.1, -0.05) is 13.8 Å². The lowest BCUT2D eigenvalue weighted by Gasteiger charge is -2.41. The number of nitrogens with zero attached hydrogens (tertiary/aromatic N) is 1. The van der Waals surface area contributed by atoms with Crippen molar-refractivity contribution in [1.29, 1.82) is 0 Å². The van der Waals surface area contributed by atoms with Gasteiger partial charge in [-0.15, -0.1) is 0 Å². The smallest absolute Gasteiger partial charge is 0.102 e. The van der Waals surface area contributed by atoms with Gasteiger partial charge in [0.05, 0.1) is 0 Å². The van der Waals surface area contributed by atoms with Crippen molar-refractivity contribution >= 4 is 0 Å². The fourth-order valence-electron chi connectivity index (χ4n) is 2.96. The summed E-state index contributed by atoms with van der Waals surface area (Å²) in [7, 11) is 0. The number of alkyl halides is 1. The molecule has 1 saturated heterocycles. The zero-order valence-corrected chi connectivity index (χ0v) is 9.43. The van der Waals surface area contributed by atoms with Crippen molar-refractivity contribution in [3.05, 3.63) is 0 Å². The Hall–Kier alpha value is -0.110. The molecule has 14 heavy (non-hydrogen) atoms. The Morgan fingerprint density at radius 2 is 2.14 bits per heavy atom. The summed E-state index contributed by atoms with van der Waals surface area (Å²) >= 11 is 0. The monoisotopic (exact) mass is 199 g/mol. The first-order valence-electron chi connectivity index (χ1n) is 5.99. The molecule has 1 heterocycles. The van der Waals surface area contributed by atoms with Crippen molar-refractivity contribution in [3.63, 3.8) is 0 Å². The predicted octanol–water partition coefficient (Wildman–Crippen LogP) is 2.86. The third-order valence-electron chi connectivity index (χ3n) is 4.21. The summed E-state index contributed by atoms with van der Waals surface area (Å²) < 4.78 is 12.4. The van der Waals surface area contributed by atoms with Crippen LogP contribution in [0.3, 0.4) is 0 Å². The van der Waals surface area contributed by atoms with E-state index < -0.39 is 0 Å². The molecular weight excluding hydrogens is 177 g/mol.